The van der Waals surface area contributed by atoms with Crippen molar-refractivity contribution in [1.29, 1.82) is 0 Å². The van der Waals surface area contributed by atoms with Gasteiger partial charge in [-0.15, -0.1) is 4.33 Å². The zero-order chi connectivity index (χ0) is 27.6. The molecule has 4 aromatic rings. The molecule has 0 bridgehead atoms. The van der Waals surface area contributed by atoms with Crippen molar-refractivity contribution in [2.24, 2.45) is 4.40 Å². The van der Waals surface area contributed by atoms with Crippen molar-refractivity contribution in [3.05, 3.63) is 65.5 Å². The summed E-state index contributed by atoms with van der Waals surface area (Å²) in [5, 5.41) is 10.3. The lowest BCUT2D eigenvalue weighted by atomic mass is 10.1. The summed E-state index contributed by atoms with van der Waals surface area (Å²) in [6.45, 7) is 1.67. The lowest BCUT2D eigenvalue weighted by Gasteiger charge is -2.20. The predicted molar refractivity (Wildman–Crippen MR) is 138 cm³/mol. The lowest BCUT2D eigenvalue weighted by Crippen LogP contribution is -2.28. The maximum absolute atomic E-state index is 13.5. The van der Waals surface area contributed by atoms with Crippen molar-refractivity contribution in [1.82, 2.24) is 19.8 Å². The van der Waals surface area contributed by atoms with E-state index in [-0.39, 0.29) is 17.2 Å². The van der Waals surface area contributed by atoms with E-state index in [0.29, 0.717) is 28.6 Å². The third-order valence-corrected chi connectivity index (χ3v) is 6.43. The third-order valence-electron chi connectivity index (χ3n) is 5.99. The van der Waals surface area contributed by atoms with E-state index in [2.05, 4.69) is 29.8 Å². The second-order valence-electron chi connectivity index (χ2n) is 8.52. The number of likely N-dealkylation sites (tertiary alicyclic amines) is 1. The number of amides is 1. The molecule has 204 valence electrons. The van der Waals surface area contributed by atoms with Crippen LogP contribution in [0.2, 0.25) is 0 Å². The summed E-state index contributed by atoms with van der Waals surface area (Å²) in [4.78, 5) is 19.9. The fourth-order valence-corrected chi connectivity index (χ4v) is 4.54. The van der Waals surface area contributed by atoms with E-state index in [4.69, 9.17) is 14.6 Å². The number of nitrogens with two attached hydrogens (primary N) is 1. The maximum Gasteiger partial charge on any atom is 0.435 e. The number of nitrogens with zero attached hydrogens (tertiary/aromatic N) is 5. The molecule has 1 aliphatic rings. The Hall–Kier alpha value is -4.08. The number of carbonyl (C=O) groups is 1. The molecule has 11 nitrogen and oxygen atoms in total. The minimum Gasteiger partial charge on any atom is -0.380 e. The number of aromatic nitrogens is 3. The summed E-state index contributed by atoms with van der Waals surface area (Å²) >= 11 is 0.796. The highest BCUT2D eigenvalue weighted by Gasteiger charge is 2.36. The monoisotopic (exact) mass is 561 g/mol. The van der Waals surface area contributed by atoms with Crippen LogP contribution in [0.4, 0.5) is 24.7 Å². The zero-order valence-electron chi connectivity index (χ0n) is 20.4. The van der Waals surface area contributed by atoms with Gasteiger partial charge in [-0.1, -0.05) is 5.16 Å². The van der Waals surface area contributed by atoms with E-state index >= 15 is 0 Å². The topological polar surface area (TPSA) is 133 Å². The Kier molecular flexibility index (Phi) is 7.45. The number of nitrogens with one attached hydrogen (secondary N) is 1. The van der Waals surface area contributed by atoms with Crippen LogP contribution < -0.4 is 11.1 Å². The Morgan fingerprint density at radius 2 is 1.90 bits per heavy atom. The first-order chi connectivity index (χ1) is 18.7. The number of rotatable bonds is 7. The van der Waals surface area contributed by atoms with Crippen molar-refractivity contribution in [3.8, 4) is 5.69 Å². The van der Waals surface area contributed by atoms with E-state index in [1.165, 1.54) is 25.3 Å². The number of alkyl halides is 3. The molecule has 1 fully saturated rings. The molecule has 15 heteroatoms. The quantitative estimate of drug-likeness (QED) is 0.0618. The molecule has 5 rings (SSSR count). The highest BCUT2D eigenvalue weighted by atomic mass is 32.2. The molecule has 0 radical (unpaired) electrons. The molecular weight excluding hydrogens is 539 g/mol. The van der Waals surface area contributed by atoms with Crippen LogP contribution in [0.3, 0.4) is 0 Å². The highest BCUT2D eigenvalue weighted by Crippen LogP contribution is 2.31. The number of hydrogen-bond donors (Lipinski definition) is 2. The van der Waals surface area contributed by atoms with E-state index in [0.717, 1.165) is 48.4 Å². The summed E-state index contributed by atoms with van der Waals surface area (Å²) in [7, 11) is 1.38. The van der Waals surface area contributed by atoms with Crippen LogP contribution in [0.15, 0.2) is 57.5 Å². The van der Waals surface area contributed by atoms with Crippen LogP contribution in [0.5, 0.6) is 0 Å². The van der Waals surface area contributed by atoms with Gasteiger partial charge in [-0.05, 0) is 55.3 Å². The first-order valence-corrected chi connectivity index (χ1v) is 12.4. The van der Waals surface area contributed by atoms with Crippen LogP contribution in [0, 0.1) is 0 Å². The average molecular weight is 562 g/mol. The van der Waals surface area contributed by atoms with Crippen molar-refractivity contribution in [3.63, 3.8) is 0 Å². The Balaban J connectivity index is 1.42. The van der Waals surface area contributed by atoms with Crippen LogP contribution in [0.1, 0.15) is 34.6 Å². The van der Waals surface area contributed by atoms with Crippen LogP contribution >= 0.6 is 12.2 Å². The average Bonchev–Trinajstić information content (AvgIpc) is 3.67. The highest BCUT2D eigenvalue weighted by molar-refractivity contribution is 7.93. The number of amidine groups is 1. The van der Waals surface area contributed by atoms with Crippen LogP contribution in [0.25, 0.3) is 16.7 Å². The number of hydrogen-bond acceptors (Lipinski definition) is 9. The number of fused-ring (bicyclic) bond motifs is 1. The largest absolute Gasteiger partial charge is 0.435 e. The smallest absolute Gasteiger partial charge is 0.380 e. The van der Waals surface area contributed by atoms with Gasteiger partial charge in [0.2, 0.25) is 0 Å². The normalized spacial score (nSPS) is 14.4. The Bertz CT molecular complexity index is 1510. The Morgan fingerprint density at radius 1 is 1.15 bits per heavy atom. The van der Waals surface area contributed by atoms with Crippen LogP contribution in [-0.4, -0.2) is 51.8 Å². The van der Waals surface area contributed by atoms with Gasteiger partial charge in [0.1, 0.15) is 11.5 Å². The first-order valence-electron chi connectivity index (χ1n) is 11.7. The summed E-state index contributed by atoms with van der Waals surface area (Å²) in [6.07, 6.45) is -2.70. The van der Waals surface area contributed by atoms with Gasteiger partial charge in [-0.2, -0.15) is 22.7 Å². The lowest BCUT2D eigenvalue weighted by molar-refractivity contribution is -0.160. The molecule has 39 heavy (non-hydrogen) atoms. The molecule has 1 amide bonds. The molecule has 1 aliphatic heterocycles. The minimum absolute atomic E-state index is 0.0603. The molecule has 3 N–H and O–H groups in total. The fourth-order valence-electron chi connectivity index (χ4n) is 4.16. The molecule has 0 aliphatic carbocycles. The van der Waals surface area contributed by atoms with Crippen molar-refractivity contribution in [2.45, 2.75) is 19.0 Å². The standard InChI is InChI=1S/C24H22F3N7O4S/c1-36-38-39-32-22(33-10-2-3-11-33)14-4-6-15(7-5-14)29-23(35)18-13-20(24(25,26)27)30-34(18)16-8-9-19-17(12-16)21(28)31-37-19/h4-9,12-13H,2-3,10-11H2,1H3,(H2,28,31)(H,29,35). The summed E-state index contributed by atoms with van der Waals surface area (Å²) in [6, 6.07) is 11.9. The second kappa shape index (κ2) is 11.0. The maximum atomic E-state index is 13.5. The van der Waals surface area contributed by atoms with Gasteiger partial charge in [-0.3, -0.25) is 4.79 Å². The molecule has 0 atom stereocenters. The summed E-state index contributed by atoms with van der Waals surface area (Å²) < 4.78 is 55.7. The second-order valence-corrected chi connectivity index (χ2v) is 8.99. The fraction of sp³-hybridized carbons (Fsp3) is 0.250. The van der Waals surface area contributed by atoms with E-state index < -0.39 is 17.8 Å². The van der Waals surface area contributed by atoms with Gasteiger partial charge >= 0.3 is 6.18 Å². The van der Waals surface area contributed by atoms with Crippen LogP contribution in [-0.2, 0) is 15.4 Å². The SMILES string of the molecule is COOSN=C(c1ccc(NC(=O)c2cc(C(F)(F)F)nn2-c2ccc3onc(N)c3c2)cc1)N1CCCC1. The molecule has 2 aromatic heterocycles. The predicted octanol–water partition coefficient (Wildman–Crippen LogP) is 4.85. The van der Waals surface area contributed by atoms with Crippen molar-refractivity contribution in [2.75, 3.05) is 31.2 Å². The van der Waals surface area contributed by atoms with E-state index in [9.17, 15) is 18.0 Å². The van der Waals surface area contributed by atoms with E-state index in [1.807, 2.05) is 0 Å². The number of benzene rings is 2. The number of nitrogen functional groups attached to an aromatic ring is 1. The van der Waals surface area contributed by atoms with E-state index in [1.54, 1.807) is 24.3 Å². The van der Waals surface area contributed by atoms with Gasteiger partial charge in [0, 0.05) is 30.4 Å². The van der Waals surface area contributed by atoms with Crippen molar-refractivity contribution < 1.29 is 31.7 Å². The Labute approximate surface area is 224 Å². The molecular formula is C24H22F3N7O4S. The molecule has 1 saturated heterocycles. The summed E-state index contributed by atoms with van der Waals surface area (Å²) in [5.41, 5.74) is 5.89. The van der Waals surface area contributed by atoms with Gasteiger partial charge in [0.25, 0.3) is 5.91 Å². The number of carbonyl (C=O) groups excluding carboxylic acids is 1. The van der Waals surface area contributed by atoms with Gasteiger partial charge in [0.15, 0.2) is 29.3 Å². The molecule has 3 heterocycles. The number of halogens is 3. The number of anilines is 2. The van der Waals surface area contributed by atoms with Crippen molar-refractivity contribution >= 4 is 46.4 Å². The molecule has 0 saturated carbocycles. The first kappa shape index (κ1) is 26.5. The van der Waals surface area contributed by atoms with Gasteiger partial charge in [-0.25, -0.2) is 9.57 Å². The Morgan fingerprint density at radius 3 is 2.59 bits per heavy atom. The van der Waals surface area contributed by atoms with Gasteiger partial charge in [0.05, 0.1) is 18.2 Å². The zero-order valence-corrected chi connectivity index (χ0v) is 21.3. The summed E-state index contributed by atoms with van der Waals surface area (Å²) in [5.74, 6) is -0.0458. The molecule has 2 aromatic carbocycles. The minimum atomic E-state index is -4.77. The molecule has 0 spiro atoms. The van der Waals surface area contributed by atoms with Gasteiger partial charge < -0.3 is 20.5 Å². The molecule has 0 unspecified atom stereocenters. The third kappa shape index (κ3) is 5.69.